The third kappa shape index (κ3) is 4.68. The lowest BCUT2D eigenvalue weighted by Gasteiger charge is -2.22. The Labute approximate surface area is 113 Å². The molecule has 98 valence electrons. The molecule has 0 saturated heterocycles. The first kappa shape index (κ1) is 15.0. The largest absolute Gasteiger partial charge is 0.504 e. The third-order valence-corrected chi connectivity index (χ3v) is 6.98. The highest BCUT2D eigenvalue weighted by Gasteiger charge is 2.21. The maximum absolute atomic E-state index is 9.53. The quantitative estimate of drug-likeness (QED) is 0.781. The molecule has 0 aliphatic carbocycles. The fourth-order valence-electron chi connectivity index (χ4n) is 1.58. The topological polar surface area (TPSA) is 38.7 Å². The van der Waals surface area contributed by atoms with Crippen molar-refractivity contribution in [3.63, 3.8) is 0 Å². The van der Waals surface area contributed by atoms with E-state index in [9.17, 15) is 5.11 Å². The van der Waals surface area contributed by atoms with E-state index in [1.807, 2.05) is 17.8 Å². The molecule has 0 atom stereocenters. The molecule has 1 N–H and O–H groups in total. The second-order valence-corrected chi connectivity index (χ2v) is 10.2. The standard InChI is InChI=1S/C13H20O3Si2/c1-5-17-16-18(3,4)9-8-11-6-7-12(14)13(10-11)15-2/h5-7,10,14H,1,8-9H2,2-4H3. The summed E-state index contributed by atoms with van der Waals surface area (Å²) in [6, 6.07) is 6.53. The van der Waals surface area contributed by atoms with Crippen LogP contribution >= 0.6 is 0 Å². The van der Waals surface area contributed by atoms with Gasteiger partial charge >= 0.3 is 0 Å². The van der Waals surface area contributed by atoms with Crippen molar-refractivity contribution in [3.05, 3.63) is 36.0 Å². The molecule has 2 radical (unpaired) electrons. The molecule has 1 aromatic rings. The van der Waals surface area contributed by atoms with Crippen molar-refractivity contribution >= 4 is 18.1 Å². The highest BCUT2D eigenvalue weighted by molar-refractivity contribution is 6.75. The van der Waals surface area contributed by atoms with Crippen molar-refractivity contribution in [2.24, 2.45) is 0 Å². The maximum Gasteiger partial charge on any atom is 0.247 e. The van der Waals surface area contributed by atoms with Gasteiger partial charge in [-0.3, -0.25) is 0 Å². The molecular weight excluding hydrogens is 260 g/mol. The predicted molar refractivity (Wildman–Crippen MR) is 77.7 cm³/mol. The molecule has 0 amide bonds. The Kier molecular flexibility index (Phi) is 5.65. The Morgan fingerprint density at radius 1 is 1.44 bits per heavy atom. The summed E-state index contributed by atoms with van der Waals surface area (Å²) in [6.07, 6.45) is 0.942. The molecule has 0 bridgehead atoms. The minimum atomic E-state index is -1.61. The molecule has 0 aliphatic heterocycles. The van der Waals surface area contributed by atoms with Gasteiger partial charge in [-0.25, -0.2) is 0 Å². The van der Waals surface area contributed by atoms with Crippen LogP contribution in [0, 0.1) is 0 Å². The van der Waals surface area contributed by atoms with E-state index in [1.54, 1.807) is 13.2 Å². The van der Waals surface area contributed by atoms with Crippen LogP contribution in [-0.4, -0.2) is 30.3 Å². The van der Waals surface area contributed by atoms with E-state index < -0.39 is 8.32 Å². The molecule has 0 fully saturated rings. The first-order valence-electron chi connectivity index (χ1n) is 5.89. The van der Waals surface area contributed by atoms with Crippen LogP contribution in [0.25, 0.3) is 0 Å². The molecule has 0 aromatic heterocycles. The molecule has 0 spiro atoms. The summed E-state index contributed by atoms with van der Waals surface area (Å²) in [7, 11) is 0.341. The Balaban J connectivity index is 2.60. The fourth-order valence-corrected chi connectivity index (χ4v) is 4.48. The number of hydrogen-bond acceptors (Lipinski definition) is 3. The summed E-state index contributed by atoms with van der Waals surface area (Å²) in [5.74, 6) is 0.711. The molecule has 1 rings (SSSR count). The fraction of sp³-hybridized carbons (Fsp3) is 0.385. The first-order valence-corrected chi connectivity index (χ1v) is 9.99. The number of phenols is 1. The first-order chi connectivity index (χ1) is 8.48. The minimum absolute atomic E-state index is 0.183. The third-order valence-electron chi connectivity index (χ3n) is 2.68. The maximum atomic E-state index is 9.53. The average molecular weight is 280 g/mol. The highest BCUT2D eigenvalue weighted by Crippen LogP contribution is 2.27. The smallest absolute Gasteiger partial charge is 0.247 e. The SMILES string of the molecule is C=C[Si]O[Si](C)(C)CCc1ccc(O)c(OC)c1. The minimum Gasteiger partial charge on any atom is -0.504 e. The van der Waals surface area contributed by atoms with Crippen LogP contribution in [0.5, 0.6) is 11.5 Å². The number of aromatic hydroxyl groups is 1. The molecule has 3 nitrogen and oxygen atoms in total. The predicted octanol–water partition coefficient (Wildman–Crippen LogP) is 2.93. The zero-order valence-electron chi connectivity index (χ0n) is 11.2. The lowest BCUT2D eigenvalue weighted by atomic mass is 10.1. The molecule has 18 heavy (non-hydrogen) atoms. The summed E-state index contributed by atoms with van der Waals surface area (Å²) in [5.41, 5.74) is 2.98. The van der Waals surface area contributed by atoms with Crippen molar-refractivity contribution in [1.29, 1.82) is 0 Å². The second kappa shape index (κ2) is 6.77. The van der Waals surface area contributed by atoms with E-state index in [0.29, 0.717) is 15.5 Å². The Bertz CT molecular complexity index is 405. The van der Waals surface area contributed by atoms with E-state index in [2.05, 4.69) is 19.7 Å². The van der Waals surface area contributed by atoms with Crippen LogP contribution in [0.4, 0.5) is 0 Å². The normalized spacial score (nSPS) is 11.3. The summed E-state index contributed by atoms with van der Waals surface area (Å²) < 4.78 is 10.9. The van der Waals surface area contributed by atoms with Crippen molar-refractivity contribution in [1.82, 2.24) is 0 Å². The van der Waals surface area contributed by atoms with Gasteiger partial charge in [0, 0.05) is 0 Å². The number of rotatable bonds is 7. The van der Waals surface area contributed by atoms with Crippen molar-refractivity contribution in [2.45, 2.75) is 25.6 Å². The van der Waals surface area contributed by atoms with Crippen LogP contribution < -0.4 is 4.74 Å². The van der Waals surface area contributed by atoms with Gasteiger partial charge < -0.3 is 14.0 Å². The highest BCUT2D eigenvalue weighted by atomic mass is 28.4. The summed E-state index contributed by atoms with van der Waals surface area (Å²) in [4.78, 5) is 0. The molecular formula is C13H20O3Si2. The van der Waals surface area contributed by atoms with Gasteiger partial charge in [-0.2, -0.15) is 0 Å². The van der Waals surface area contributed by atoms with E-state index in [4.69, 9.17) is 8.85 Å². The number of phenolic OH excluding ortho intramolecular Hbond substituents is 1. The average Bonchev–Trinajstić information content (AvgIpc) is 2.35. The zero-order chi connectivity index (χ0) is 13.6. The van der Waals surface area contributed by atoms with Gasteiger partial charge in [0.05, 0.1) is 7.11 Å². The van der Waals surface area contributed by atoms with Crippen molar-refractivity contribution < 1.29 is 14.0 Å². The zero-order valence-corrected chi connectivity index (χ0v) is 13.2. The van der Waals surface area contributed by atoms with Gasteiger partial charge in [-0.15, -0.1) is 6.58 Å². The van der Waals surface area contributed by atoms with E-state index in [-0.39, 0.29) is 5.75 Å². The van der Waals surface area contributed by atoms with Gasteiger partial charge in [0.2, 0.25) is 9.76 Å². The van der Waals surface area contributed by atoms with Crippen LogP contribution in [0.3, 0.4) is 0 Å². The Morgan fingerprint density at radius 2 is 2.17 bits per heavy atom. The number of ether oxygens (including phenoxy) is 1. The van der Waals surface area contributed by atoms with Gasteiger partial charge in [0.15, 0.2) is 19.8 Å². The van der Waals surface area contributed by atoms with Crippen molar-refractivity contribution in [2.75, 3.05) is 7.11 Å². The van der Waals surface area contributed by atoms with Gasteiger partial charge in [0.25, 0.3) is 0 Å². The van der Waals surface area contributed by atoms with E-state index in [0.717, 1.165) is 18.0 Å². The number of benzene rings is 1. The number of aryl methyl sites for hydroxylation is 1. The van der Waals surface area contributed by atoms with Crippen molar-refractivity contribution in [3.8, 4) is 11.5 Å². The summed E-state index contributed by atoms with van der Waals surface area (Å²) >= 11 is 0. The molecule has 0 saturated carbocycles. The molecule has 0 unspecified atom stereocenters. The summed E-state index contributed by atoms with van der Waals surface area (Å²) in [5, 5.41) is 9.53. The van der Waals surface area contributed by atoms with Gasteiger partial charge in [-0.1, -0.05) is 11.8 Å². The number of hydrogen-bond donors (Lipinski definition) is 1. The molecule has 1 aromatic carbocycles. The van der Waals surface area contributed by atoms with Crippen LogP contribution in [0.1, 0.15) is 5.56 Å². The Morgan fingerprint density at radius 3 is 2.78 bits per heavy atom. The van der Waals surface area contributed by atoms with Crippen LogP contribution in [0.2, 0.25) is 19.1 Å². The van der Waals surface area contributed by atoms with E-state index in [1.165, 1.54) is 0 Å². The summed E-state index contributed by atoms with van der Waals surface area (Å²) in [6.45, 7) is 8.10. The van der Waals surface area contributed by atoms with Gasteiger partial charge in [-0.05, 0) is 43.3 Å². The van der Waals surface area contributed by atoms with E-state index >= 15 is 0 Å². The van der Waals surface area contributed by atoms with Crippen LogP contribution in [0.15, 0.2) is 30.5 Å². The molecule has 0 aliphatic rings. The monoisotopic (exact) mass is 280 g/mol. The Hall–Kier alpha value is -1.05. The second-order valence-electron chi connectivity index (χ2n) is 4.69. The molecule has 5 heteroatoms. The number of methoxy groups -OCH3 is 1. The lowest BCUT2D eigenvalue weighted by Crippen LogP contribution is -2.32. The lowest BCUT2D eigenvalue weighted by molar-refractivity contribution is 0.373. The van der Waals surface area contributed by atoms with Crippen LogP contribution in [-0.2, 0) is 10.5 Å². The van der Waals surface area contributed by atoms with Gasteiger partial charge in [0.1, 0.15) is 0 Å². The molecule has 0 heterocycles.